The van der Waals surface area contributed by atoms with Crippen molar-refractivity contribution < 1.29 is 23.8 Å². The fourth-order valence-corrected chi connectivity index (χ4v) is 7.62. The minimum atomic E-state index is -0.573. The summed E-state index contributed by atoms with van der Waals surface area (Å²) < 4.78 is 17.4. The van der Waals surface area contributed by atoms with E-state index in [1.54, 1.807) is 0 Å². The van der Waals surface area contributed by atoms with E-state index in [9.17, 15) is 9.59 Å². The van der Waals surface area contributed by atoms with Crippen molar-refractivity contribution in [3.8, 4) is 11.5 Å². The molecule has 5 aliphatic rings. The van der Waals surface area contributed by atoms with Crippen LogP contribution in [-0.4, -0.2) is 72.7 Å². The third-order valence-corrected chi connectivity index (χ3v) is 9.89. The molecule has 2 fully saturated rings. The molecule has 2 aliphatic carbocycles. The van der Waals surface area contributed by atoms with Gasteiger partial charge in [0.05, 0.1) is 0 Å². The highest BCUT2D eigenvalue weighted by molar-refractivity contribution is 6.06. The zero-order valence-electron chi connectivity index (χ0n) is 27.2. The molecule has 0 aromatic heterocycles. The lowest BCUT2D eigenvalue weighted by Gasteiger charge is -2.39. The number of ether oxygens (including phenoxy) is 3. The van der Waals surface area contributed by atoms with Crippen LogP contribution < -0.4 is 14.8 Å². The minimum absolute atomic E-state index is 0.0659. The second-order valence-corrected chi connectivity index (χ2v) is 14.1. The number of carbonyl (C=O) groups is 2. The van der Waals surface area contributed by atoms with Gasteiger partial charge in [0, 0.05) is 38.1 Å². The van der Waals surface area contributed by atoms with Gasteiger partial charge in [-0.15, -0.1) is 0 Å². The number of piperidine rings is 1. The SMILES string of the molecule is CC(C)(C)OC(=O)N(Cc1ccc2c(c1)OCCO2)C1CCN(CCC2C3C(=O)C=C(C4=CCNC=C4)c4ccccc4C23)CC1. The normalized spacial score (nSPS) is 24.1. The summed E-state index contributed by atoms with van der Waals surface area (Å²) in [5, 5.41) is 3.21. The van der Waals surface area contributed by atoms with Crippen LogP contribution in [0, 0.1) is 11.8 Å². The number of ketones is 1. The van der Waals surface area contributed by atoms with Crippen molar-refractivity contribution in [2.75, 3.05) is 39.4 Å². The van der Waals surface area contributed by atoms with Crippen molar-refractivity contribution in [2.24, 2.45) is 11.8 Å². The number of benzene rings is 2. The van der Waals surface area contributed by atoms with E-state index >= 15 is 0 Å². The second-order valence-electron chi connectivity index (χ2n) is 14.1. The van der Waals surface area contributed by atoms with Gasteiger partial charge >= 0.3 is 6.09 Å². The highest BCUT2D eigenvalue weighted by Crippen LogP contribution is 2.59. The number of dihydropyridines is 1. The summed E-state index contributed by atoms with van der Waals surface area (Å²) in [6.07, 6.45) is 10.6. The Morgan fingerprint density at radius 3 is 2.59 bits per heavy atom. The van der Waals surface area contributed by atoms with Crippen LogP contribution in [0.2, 0.25) is 0 Å². The van der Waals surface area contributed by atoms with E-state index < -0.39 is 5.60 Å². The Bertz CT molecular complexity index is 1580. The molecule has 3 atom stereocenters. The van der Waals surface area contributed by atoms with E-state index in [0.29, 0.717) is 25.7 Å². The van der Waals surface area contributed by atoms with Gasteiger partial charge in [-0.1, -0.05) is 36.4 Å². The van der Waals surface area contributed by atoms with Crippen molar-refractivity contribution in [3.05, 3.63) is 89.2 Å². The number of hydrogen-bond donors (Lipinski definition) is 1. The molecule has 3 heterocycles. The van der Waals surface area contributed by atoms with Crippen LogP contribution in [0.4, 0.5) is 4.79 Å². The molecular formula is C38H45N3O5. The predicted molar refractivity (Wildman–Crippen MR) is 178 cm³/mol. The Labute approximate surface area is 272 Å². The molecule has 3 aliphatic heterocycles. The highest BCUT2D eigenvalue weighted by atomic mass is 16.6. The van der Waals surface area contributed by atoms with Gasteiger partial charge in [0.15, 0.2) is 17.3 Å². The summed E-state index contributed by atoms with van der Waals surface area (Å²) in [7, 11) is 0. The first-order valence-electron chi connectivity index (χ1n) is 16.8. The molecule has 1 saturated heterocycles. The van der Waals surface area contributed by atoms with E-state index in [-0.39, 0.29) is 29.8 Å². The van der Waals surface area contributed by atoms with Crippen LogP contribution >= 0.6 is 0 Å². The van der Waals surface area contributed by atoms with E-state index in [1.165, 1.54) is 11.1 Å². The molecule has 1 saturated carbocycles. The van der Waals surface area contributed by atoms with Crippen molar-refractivity contribution >= 4 is 17.4 Å². The molecule has 0 spiro atoms. The molecule has 2 aromatic carbocycles. The van der Waals surface area contributed by atoms with E-state index in [2.05, 4.69) is 46.6 Å². The first-order valence-corrected chi connectivity index (χ1v) is 16.8. The third-order valence-electron chi connectivity index (χ3n) is 9.89. The fourth-order valence-electron chi connectivity index (χ4n) is 7.62. The zero-order valence-corrected chi connectivity index (χ0v) is 27.2. The summed E-state index contributed by atoms with van der Waals surface area (Å²) in [6, 6.07) is 14.6. The zero-order chi connectivity index (χ0) is 31.8. The molecule has 7 rings (SSSR count). The Morgan fingerprint density at radius 2 is 1.83 bits per heavy atom. The van der Waals surface area contributed by atoms with Gasteiger partial charge in [-0.25, -0.2) is 4.79 Å². The molecule has 8 heteroatoms. The number of carbonyl (C=O) groups excluding carboxylic acids is 2. The number of allylic oxidation sites excluding steroid dienone is 4. The van der Waals surface area contributed by atoms with E-state index in [0.717, 1.165) is 73.7 Å². The lowest BCUT2D eigenvalue weighted by Crippen LogP contribution is -2.48. The van der Waals surface area contributed by atoms with Crippen molar-refractivity contribution in [1.29, 1.82) is 0 Å². The van der Waals surface area contributed by atoms with Gasteiger partial charge < -0.3 is 29.3 Å². The standard InChI is InChI=1S/C38H45N3O5/c1-38(2,3)46-37(43)41(24-25-8-9-33-34(22-25)45-21-20-44-33)27-12-17-40(18-13-27)19-14-30-35-29-7-5-4-6-28(29)31(23-32(42)36(30)35)26-10-15-39-16-11-26/h4-11,15,22-23,27,30,35-36,39H,12-14,16-21,24H2,1-3H3. The van der Waals surface area contributed by atoms with Crippen molar-refractivity contribution in [3.63, 3.8) is 0 Å². The summed E-state index contributed by atoms with van der Waals surface area (Å²) in [5.74, 6) is 2.46. The van der Waals surface area contributed by atoms with Gasteiger partial charge in [0.25, 0.3) is 0 Å². The summed E-state index contributed by atoms with van der Waals surface area (Å²) >= 11 is 0. The second kappa shape index (κ2) is 12.6. The molecule has 242 valence electrons. The summed E-state index contributed by atoms with van der Waals surface area (Å²) in [6.45, 7) is 10.8. The predicted octanol–water partition coefficient (Wildman–Crippen LogP) is 6.09. The van der Waals surface area contributed by atoms with Crippen LogP contribution in [-0.2, 0) is 16.1 Å². The number of nitrogens with one attached hydrogen (secondary N) is 1. The third kappa shape index (κ3) is 6.45. The topological polar surface area (TPSA) is 80.3 Å². The van der Waals surface area contributed by atoms with Crippen molar-refractivity contribution in [2.45, 2.75) is 64.1 Å². The number of rotatable bonds is 7. The van der Waals surface area contributed by atoms with Gasteiger partial charge in [-0.05, 0) is 117 Å². The average Bonchev–Trinajstić information content (AvgIpc) is 3.81. The maximum Gasteiger partial charge on any atom is 0.410 e. The van der Waals surface area contributed by atoms with E-state index in [1.807, 2.05) is 56.1 Å². The average molecular weight is 624 g/mol. The summed E-state index contributed by atoms with van der Waals surface area (Å²) in [4.78, 5) is 31.4. The lowest BCUT2D eigenvalue weighted by atomic mass is 9.90. The first-order chi connectivity index (χ1) is 22.2. The van der Waals surface area contributed by atoms with Gasteiger partial charge in [-0.3, -0.25) is 4.79 Å². The Balaban J connectivity index is 0.988. The molecule has 2 aromatic rings. The Kier molecular flexibility index (Phi) is 8.40. The van der Waals surface area contributed by atoms with Gasteiger partial charge in [0.1, 0.15) is 18.8 Å². The molecule has 3 unspecified atom stereocenters. The molecule has 46 heavy (non-hydrogen) atoms. The Hall–Kier alpha value is -4.04. The maximum atomic E-state index is 13.5. The monoisotopic (exact) mass is 623 g/mol. The van der Waals surface area contributed by atoms with E-state index in [4.69, 9.17) is 14.2 Å². The molecule has 0 radical (unpaired) electrons. The van der Waals surface area contributed by atoms with Crippen LogP contribution in [0.3, 0.4) is 0 Å². The lowest BCUT2D eigenvalue weighted by molar-refractivity contribution is -0.116. The van der Waals surface area contributed by atoms with Gasteiger partial charge in [-0.2, -0.15) is 0 Å². The van der Waals surface area contributed by atoms with Crippen LogP contribution in [0.5, 0.6) is 11.5 Å². The van der Waals surface area contributed by atoms with Crippen LogP contribution in [0.25, 0.3) is 5.57 Å². The van der Waals surface area contributed by atoms with Crippen LogP contribution in [0.15, 0.2) is 72.5 Å². The van der Waals surface area contributed by atoms with Crippen LogP contribution in [0.1, 0.15) is 62.6 Å². The molecule has 1 N–H and O–H groups in total. The molecule has 8 nitrogen and oxygen atoms in total. The Morgan fingerprint density at radius 1 is 1.04 bits per heavy atom. The number of nitrogens with zero attached hydrogens (tertiary/aromatic N) is 2. The van der Waals surface area contributed by atoms with Crippen molar-refractivity contribution in [1.82, 2.24) is 15.1 Å². The number of amides is 1. The summed E-state index contributed by atoms with van der Waals surface area (Å²) in [5.41, 5.74) is 5.11. The molecule has 0 bridgehead atoms. The minimum Gasteiger partial charge on any atom is -0.486 e. The highest BCUT2D eigenvalue weighted by Gasteiger charge is 2.55. The molecular weight excluding hydrogens is 578 g/mol. The van der Waals surface area contributed by atoms with Gasteiger partial charge in [0.2, 0.25) is 0 Å². The number of likely N-dealkylation sites (tertiary alicyclic amines) is 1. The molecule has 1 amide bonds. The fraction of sp³-hybridized carbons (Fsp3) is 0.474. The largest absolute Gasteiger partial charge is 0.486 e. The number of fused-ring (bicyclic) bond motifs is 4. The quantitative estimate of drug-likeness (QED) is 0.400. The number of hydrogen-bond acceptors (Lipinski definition) is 7. The maximum absolute atomic E-state index is 13.5. The first kappa shape index (κ1) is 30.6. The smallest absolute Gasteiger partial charge is 0.410 e.